The zero-order chi connectivity index (χ0) is 19.4. The highest BCUT2D eigenvalue weighted by Crippen LogP contribution is 2.53. The molecule has 2 aromatic carbocycles. The molecule has 0 radical (unpaired) electrons. The Labute approximate surface area is 165 Å². The summed E-state index contributed by atoms with van der Waals surface area (Å²) in [5.74, 6) is -0.160. The predicted molar refractivity (Wildman–Crippen MR) is 110 cm³/mol. The van der Waals surface area contributed by atoms with Crippen molar-refractivity contribution in [3.63, 3.8) is 0 Å². The summed E-state index contributed by atoms with van der Waals surface area (Å²) in [7, 11) is 4.23. The lowest BCUT2D eigenvalue weighted by Gasteiger charge is -2.51. The third kappa shape index (κ3) is 2.55. The molecule has 5 rings (SSSR count). The van der Waals surface area contributed by atoms with E-state index in [1.54, 1.807) is 6.07 Å². The topological polar surface area (TPSA) is 28.3 Å². The fraction of sp³-hybridized carbons (Fsp3) is 0.417. The lowest BCUT2D eigenvalue weighted by atomic mass is 9.67. The molecule has 1 saturated carbocycles. The highest BCUT2D eigenvalue weighted by molar-refractivity contribution is 5.86. The Hall–Kier alpha value is -2.17. The Balaban J connectivity index is 1.55. The molecule has 1 aliphatic heterocycles. The molecule has 3 nitrogen and oxygen atoms in total. The molecule has 1 aliphatic carbocycles. The minimum Gasteiger partial charge on any atom is -0.370 e. The van der Waals surface area contributed by atoms with E-state index in [1.165, 1.54) is 28.2 Å². The molecule has 0 bridgehead atoms. The number of fused-ring (bicyclic) bond motifs is 4. The molecule has 3 aromatic rings. The third-order valence-electron chi connectivity index (χ3n) is 7.07. The number of H-pyrrole nitrogens is 1. The number of aromatic amines is 1. The van der Waals surface area contributed by atoms with Crippen LogP contribution in [0.5, 0.6) is 0 Å². The third-order valence-corrected chi connectivity index (χ3v) is 7.07. The molecule has 2 heterocycles. The van der Waals surface area contributed by atoms with Crippen molar-refractivity contribution in [2.75, 3.05) is 20.7 Å². The van der Waals surface area contributed by atoms with Gasteiger partial charge in [0.25, 0.3) is 0 Å². The van der Waals surface area contributed by atoms with Crippen LogP contribution < -0.4 is 0 Å². The lowest BCUT2D eigenvalue weighted by molar-refractivity contribution is -0.110. The predicted octanol–water partition coefficient (Wildman–Crippen LogP) is 5.11. The van der Waals surface area contributed by atoms with E-state index in [-0.39, 0.29) is 17.0 Å². The van der Waals surface area contributed by atoms with Gasteiger partial charge in [-0.1, -0.05) is 30.3 Å². The molecule has 1 fully saturated rings. The van der Waals surface area contributed by atoms with Gasteiger partial charge in [-0.2, -0.15) is 0 Å². The summed E-state index contributed by atoms with van der Waals surface area (Å²) in [5, 5.41) is 1.29. The number of rotatable bonds is 2. The Bertz CT molecular complexity index is 1010. The van der Waals surface area contributed by atoms with Crippen molar-refractivity contribution in [3.05, 3.63) is 71.2 Å². The van der Waals surface area contributed by atoms with Gasteiger partial charge in [0, 0.05) is 34.1 Å². The fourth-order valence-electron chi connectivity index (χ4n) is 5.56. The number of nitrogens with one attached hydrogen (secondary N) is 1. The first kappa shape index (κ1) is 17.9. The van der Waals surface area contributed by atoms with Gasteiger partial charge in [-0.3, -0.25) is 4.90 Å². The van der Waals surface area contributed by atoms with Crippen LogP contribution in [0.3, 0.4) is 0 Å². The molecule has 1 spiro atoms. The molecular formula is C24H27FN2O. The lowest BCUT2D eigenvalue weighted by Crippen LogP contribution is -2.50. The average molecular weight is 378 g/mol. The number of para-hydroxylation sites is 1. The monoisotopic (exact) mass is 378 g/mol. The van der Waals surface area contributed by atoms with Crippen LogP contribution in [-0.2, 0) is 22.3 Å². The largest absolute Gasteiger partial charge is 0.370 e. The van der Waals surface area contributed by atoms with Crippen LogP contribution in [0, 0.1) is 5.82 Å². The normalized spacial score (nSPS) is 27.4. The van der Waals surface area contributed by atoms with Crippen molar-refractivity contribution in [2.24, 2.45) is 0 Å². The Morgan fingerprint density at radius 1 is 1.00 bits per heavy atom. The summed E-state index contributed by atoms with van der Waals surface area (Å²) in [5.41, 5.74) is 4.58. The van der Waals surface area contributed by atoms with Crippen molar-refractivity contribution in [1.82, 2.24) is 9.88 Å². The van der Waals surface area contributed by atoms with E-state index in [0.717, 1.165) is 44.3 Å². The van der Waals surface area contributed by atoms with Crippen LogP contribution >= 0.6 is 0 Å². The van der Waals surface area contributed by atoms with E-state index in [9.17, 15) is 4.39 Å². The van der Waals surface area contributed by atoms with E-state index >= 15 is 0 Å². The maximum Gasteiger partial charge on any atom is 0.123 e. The molecule has 28 heavy (non-hydrogen) atoms. The van der Waals surface area contributed by atoms with Gasteiger partial charge in [0.15, 0.2) is 0 Å². The molecule has 1 N–H and O–H groups in total. The van der Waals surface area contributed by atoms with Crippen LogP contribution in [0.2, 0.25) is 0 Å². The number of ether oxygens (including phenoxy) is 1. The Kier molecular flexibility index (Phi) is 4.11. The van der Waals surface area contributed by atoms with Gasteiger partial charge in [-0.15, -0.1) is 0 Å². The van der Waals surface area contributed by atoms with Gasteiger partial charge < -0.3 is 9.72 Å². The van der Waals surface area contributed by atoms with Gasteiger partial charge in [0.1, 0.15) is 5.82 Å². The van der Waals surface area contributed by atoms with Gasteiger partial charge in [0.2, 0.25) is 0 Å². The maximum atomic E-state index is 14.0. The quantitative estimate of drug-likeness (QED) is 0.671. The SMILES string of the molecule is CN(C)C1(c2cccc(F)c2)CCC2(CC1)OCCc1[nH]c3ccccc3c12. The van der Waals surface area contributed by atoms with Crippen molar-refractivity contribution < 1.29 is 9.13 Å². The first-order valence-corrected chi connectivity index (χ1v) is 10.2. The minimum absolute atomic E-state index is 0.152. The van der Waals surface area contributed by atoms with Crippen LogP contribution in [0.1, 0.15) is 42.5 Å². The van der Waals surface area contributed by atoms with E-state index in [2.05, 4.69) is 54.3 Å². The second kappa shape index (κ2) is 6.43. The molecule has 1 aromatic heterocycles. The molecule has 146 valence electrons. The van der Waals surface area contributed by atoms with Crippen LogP contribution in [0.15, 0.2) is 48.5 Å². The van der Waals surface area contributed by atoms with Crippen molar-refractivity contribution in [2.45, 2.75) is 43.2 Å². The number of hydrogen-bond acceptors (Lipinski definition) is 2. The molecule has 0 saturated heterocycles. The zero-order valence-corrected chi connectivity index (χ0v) is 16.6. The van der Waals surface area contributed by atoms with E-state index in [4.69, 9.17) is 4.74 Å². The molecule has 0 amide bonds. The minimum atomic E-state index is -0.236. The first-order valence-electron chi connectivity index (χ1n) is 10.2. The van der Waals surface area contributed by atoms with Crippen LogP contribution in [0.25, 0.3) is 10.9 Å². The summed E-state index contributed by atoms with van der Waals surface area (Å²) in [6.45, 7) is 0.759. The summed E-state index contributed by atoms with van der Waals surface area (Å²) in [6.07, 6.45) is 4.71. The second-order valence-electron chi connectivity index (χ2n) is 8.55. The summed E-state index contributed by atoms with van der Waals surface area (Å²) >= 11 is 0. The fourth-order valence-corrected chi connectivity index (χ4v) is 5.56. The van der Waals surface area contributed by atoms with Crippen LogP contribution in [-0.4, -0.2) is 30.6 Å². The van der Waals surface area contributed by atoms with E-state index < -0.39 is 0 Å². The molecule has 2 aliphatic rings. The summed E-state index contributed by atoms with van der Waals surface area (Å²) in [4.78, 5) is 5.90. The van der Waals surface area contributed by atoms with E-state index in [0.29, 0.717) is 0 Å². The molecule has 4 heteroatoms. The van der Waals surface area contributed by atoms with Gasteiger partial charge in [0.05, 0.1) is 12.2 Å². The highest BCUT2D eigenvalue weighted by Gasteiger charge is 2.49. The second-order valence-corrected chi connectivity index (χ2v) is 8.55. The number of benzene rings is 2. The standard InChI is InChI=1S/C24H27FN2O/c1-27(2)23(17-6-5-7-18(25)16-17)11-13-24(14-12-23)22-19-8-3-4-9-20(19)26-21(22)10-15-28-24/h3-9,16,26H,10-15H2,1-2H3. The molecular weight excluding hydrogens is 351 g/mol. The van der Waals surface area contributed by atoms with E-state index in [1.807, 2.05) is 6.07 Å². The van der Waals surface area contributed by atoms with Crippen molar-refractivity contribution in [1.29, 1.82) is 0 Å². The number of hydrogen-bond donors (Lipinski definition) is 1. The van der Waals surface area contributed by atoms with Gasteiger partial charge in [-0.25, -0.2) is 4.39 Å². The summed E-state index contributed by atoms with van der Waals surface area (Å²) in [6, 6.07) is 15.7. The first-order chi connectivity index (χ1) is 13.5. The zero-order valence-electron chi connectivity index (χ0n) is 16.6. The maximum absolute atomic E-state index is 14.0. The van der Waals surface area contributed by atoms with Crippen molar-refractivity contribution >= 4 is 10.9 Å². The number of aromatic nitrogens is 1. The smallest absolute Gasteiger partial charge is 0.123 e. The Morgan fingerprint density at radius 2 is 1.79 bits per heavy atom. The van der Waals surface area contributed by atoms with Crippen molar-refractivity contribution in [3.8, 4) is 0 Å². The molecule has 0 unspecified atom stereocenters. The Morgan fingerprint density at radius 3 is 2.54 bits per heavy atom. The van der Waals surface area contributed by atoms with Crippen LogP contribution in [0.4, 0.5) is 4.39 Å². The van der Waals surface area contributed by atoms with Gasteiger partial charge >= 0.3 is 0 Å². The summed E-state index contributed by atoms with van der Waals surface area (Å²) < 4.78 is 20.5. The number of halogens is 1. The van der Waals surface area contributed by atoms with Gasteiger partial charge in [-0.05, 0) is 63.5 Å². The average Bonchev–Trinajstić information content (AvgIpc) is 3.09. The highest BCUT2D eigenvalue weighted by atomic mass is 19.1. The molecule has 0 atom stereocenters. The number of nitrogens with zero attached hydrogens (tertiary/aromatic N) is 1.